The van der Waals surface area contributed by atoms with Crippen LogP contribution in [0.15, 0.2) is 36.7 Å². The molecule has 2 aliphatic rings. The average Bonchev–Trinajstić information content (AvgIpc) is 3.04. The van der Waals surface area contributed by atoms with Crippen LogP contribution in [-0.2, 0) is 10.9 Å². The van der Waals surface area contributed by atoms with Crippen LogP contribution in [0, 0.1) is 11.6 Å². The molecule has 2 saturated heterocycles. The van der Waals surface area contributed by atoms with E-state index in [1.54, 1.807) is 11.0 Å². The van der Waals surface area contributed by atoms with Crippen molar-refractivity contribution in [1.29, 1.82) is 0 Å². The highest BCUT2D eigenvalue weighted by atomic mass is 28.3. The number of aromatic nitrogens is 2. The molecule has 0 spiro atoms. The smallest absolute Gasteiger partial charge is 0.417 e. The summed E-state index contributed by atoms with van der Waals surface area (Å²) in [7, 11) is 0.408. The summed E-state index contributed by atoms with van der Waals surface area (Å²) >= 11 is 0. The number of morpholine rings is 1. The standard InChI is InChI=1S/C34H43F5N6O3Si/c1-21-19-45(20-22(2)43(21)3)27-17-26(35)30(23-7-8-40-28(15-23)44-9-11-47-12-10-44)31(36)32(27)42-33(46)24-18-41-29(16-25(24)34(37,38)39)48-13-14-49(4,5)6/h7-8,15-18,21-22H,9-14,19-20H2,1-6H3,(H,42,46)/t21-,22+. The van der Waals surface area contributed by atoms with Crippen LogP contribution < -0.4 is 19.9 Å². The van der Waals surface area contributed by atoms with Gasteiger partial charge in [-0.05, 0) is 44.6 Å². The number of carbonyl (C=O) groups excluding carboxylic acids is 1. The van der Waals surface area contributed by atoms with E-state index in [1.807, 2.05) is 25.8 Å². The molecule has 0 aliphatic carbocycles. The van der Waals surface area contributed by atoms with Crippen LogP contribution >= 0.6 is 0 Å². The van der Waals surface area contributed by atoms with Crippen molar-refractivity contribution in [1.82, 2.24) is 14.9 Å². The third kappa shape index (κ3) is 8.50. The van der Waals surface area contributed by atoms with Gasteiger partial charge < -0.3 is 24.6 Å². The molecule has 2 aliphatic heterocycles. The number of likely N-dealkylation sites (N-methyl/N-ethyl adjacent to an activating group) is 1. The second-order valence-corrected chi connectivity index (χ2v) is 19.5. The Labute approximate surface area is 284 Å². The summed E-state index contributed by atoms with van der Waals surface area (Å²) in [5, 5.41) is 2.39. The Morgan fingerprint density at radius 2 is 1.71 bits per heavy atom. The zero-order valence-corrected chi connectivity index (χ0v) is 29.6. The van der Waals surface area contributed by atoms with Crippen molar-refractivity contribution in [2.24, 2.45) is 0 Å². The van der Waals surface area contributed by atoms with Crippen LogP contribution in [0.5, 0.6) is 5.88 Å². The zero-order chi connectivity index (χ0) is 35.7. The minimum atomic E-state index is -4.95. The van der Waals surface area contributed by atoms with Gasteiger partial charge in [0.2, 0.25) is 5.88 Å². The number of hydrogen-bond acceptors (Lipinski definition) is 8. The molecule has 2 aromatic heterocycles. The highest BCUT2D eigenvalue weighted by molar-refractivity contribution is 6.76. The van der Waals surface area contributed by atoms with E-state index in [-0.39, 0.29) is 35.8 Å². The number of ether oxygens (including phenoxy) is 2. The number of hydrogen-bond donors (Lipinski definition) is 1. The Balaban J connectivity index is 1.56. The van der Waals surface area contributed by atoms with Gasteiger partial charge in [-0.3, -0.25) is 9.69 Å². The maximum Gasteiger partial charge on any atom is 0.417 e. The van der Waals surface area contributed by atoms with Crippen molar-refractivity contribution >= 4 is 31.2 Å². The molecule has 15 heteroatoms. The summed E-state index contributed by atoms with van der Waals surface area (Å²) in [5.74, 6) is -3.03. The van der Waals surface area contributed by atoms with Crippen molar-refractivity contribution in [3.63, 3.8) is 0 Å². The molecule has 1 amide bonds. The number of anilines is 3. The lowest BCUT2D eigenvalue weighted by molar-refractivity contribution is -0.138. The van der Waals surface area contributed by atoms with Crippen molar-refractivity contribution in [3.05, 3.63) is 59.4 Å². The number of piperazine rings is 1. The Kier molecular flexibility index (Phi) is 10.8. The summed E-state index contributed by atoms with van der Waals surface area (Å²) in [4.78, 5) is 27.8. The number of rotatable bonds is 9. The first-order chi connectivity index (χ1) is 23.0. The maximum absolute atomic E-state index is 16.8. The first kappa shape index (κ1) is 36.5. The van der Waals surface area contributed by atoms with Crippen LogP contribution in [0.4, 0.5) is 39.1 Å². The SMILES string of the molecule is C[C@@H]1CN(c2cc(F)c(-c3ccnc(N4CCOCC4)c3)c(F)c2NC(=O)c2cnc(OCC[Si](C)(C)C)cc2C(F)(F)F)C[C@H](C)N1C. The fraction of sp³-hybridized carbons (Fsp3) is 0.500. The summed E-state index contributed by atoms with van der Waals surface area (Å²) in [6.07, 6.45) is -2.73. The zero-order valence-electron chi connectivity index (χ0n) is 28.6. The van der Waals surface area contributed by atoms with Crippen molar-refractivity contribution in [2.45, 2.75) is 57.8 Å². The van der Waals surface area contributed by atoms with Gasteiger partial charge in [0.15, 0.2) is 5.82 Å². The molecule has 4 heterocycles. The molecule has 2 fully saturated rings. The molecule has 266 valence electrons. The van der Waals surface area contributed by atoms with E-state index >= 15 is 8.78 Å². The van der Waals surface area contributed by atoms with Gasteiger partial charge in [0.05, 0.1) is 42.2 Å². The number of carbonyl (C=O) groups is 1. The van der Waals surface area contributed by atoms with E-state index in [0.717, 1.165) is 12.3 Å². The first-order valence-electron chi connectivity index (χ1n) is 16.3. The average molecular weight is 707 g/mol. The molecule has 0 unspecified atom stereocenters. The number of benzene rings is 1. The molecular formula is C34H43F5N6O3Si. The number of nitrogens with one attached hydrogen (secondary N) is 1. The summed E-state index contributed by atoms with van der Waals surface area (Å²) in [6, 6.07) is 5.45. The summed E-state index contributed by atoms with van der Waals surface area (Å²) in [6.45, 7) is 13.2. The van der Waals surface area contributed by atoms with Gasteiger partial charge in [0.1, 0.15) is 17.3 Å². The van der Waals surface area contributed by atoms with Crippen molar-refractivity contribution in [3.8, 4) is 17.0 Å². The third-order valence-corrected chi connectivity index (χ3v) is 10.7. The monoisotopic (exact) mass is 706 g/mol. The molecule has 5 rings (SSSR count). The minimum absolute atomic E-state index is 0.0224. The van der Waals surface area contributed by atoms with E-state index in [2.05, 4.69) is 39.8 Å². The van der Waals surface area contributed by atoms with E-state index in [4.69, 9.17) is 9.47 Å². The maximum atomic E-state index is 16.8. The Hall–Kier alpha value is -3.82. The molecule has 49 heavy (non-hydrogen) atoms. The van der Waals surface area contributed by atoms with Gasteiger partial charge in [-0.25, -0.2) is 18.7 Å². The molecular weight excluding hydrogens is 663 g/mol. The highest BCUT2D eigenvalue weighted by Crippen LogP contribution is 2.41. The fourth-order valence-electron chi connectivity index (χ4n) is 5.95. The lowest BCUT2D eigenvalue weighted by Crippen LogP contribution is -2.55. The van der Waals surface area contributed by atoms with Crippen LogP contribution in [0.25, 0.3) is 11.1 Å². The summed E-state index contributed by atoms with van der Waals surface area (Å²) < 4.78 is 86.8. The number of halogens is 5. The Morgan fingerprint density at radius 1 is 1.04 bits per heavy atom. The Bertz CT molecular complexity index is 1650. The number of nitrogens with zero attached hydrogens (tertiary/aromatic N) is 5. The normalized spacial score (nSPS) is 19.2. The van der Waals surface area contributed by atoms with Crippen LogP contribution in [0.2, 0.25) is 25.7 Å². The number of alkyl halides is 3. The Morgan fingerprint density at radius 3 is 2.35 bits per heavy atom. The molecule has 0 radical (unpaired) electrons. The van der Waals surface area contributed by atoms with Crippen molar-refractivity contribution in [2.75, 3.05) is 68.2 Å². The molecule has 1 aromatic carbocycles. The predicted molar refractivity (Wildman–Crippen MR) is 182 cm³/mol. The van der Waals surface area contributed by atoms with E-state index < -0.39 is 54.2 Å². The van der Waals surface area contributed by atoms with E-state index in [1.165, 1.54) is 12.3 Å². The molecule has 1 N–H and O–H groups in total. The van der Waals surface area contributed by atoms with Gasteiger partial charge in [-0.1, -0.05) is 19.6 Å². The summed E-state index contributed by atoms with van der Waals surface area (Å²) in [5.41, 5.74) is -2.79. The van der Waals surface area contributed by atoms with Gasteiger partial charge in [0.25, 0.3) is 5.91 Å². The molecule has 0 saturated carbocycles. The molecule has 2 atom stereocenters. The molecule has 9 nitrogen and oxygen atoms in total. The van der Waals surface area contributed by atoms with Crippen LogP contribution in [0.3, 0.4) is 0 Å². The van der Waals surface area contributed by atoms with E-state index in [0.29, 0.717) is 57.3 Å². The van der Waals surface area contributed by atoms with Gasteiger partial charge >= 0.3 is 6.18 Å². The van der Waals surface area contributed by atoms with Gasteiger partial charge in [-0.15, -0.1) is 0 Å². The van der Waals surface area contributed by atoms with Crippen LogP contribution in [0.1, 0.15) is 29.8 Å². The predicted octanol–water partition coefficient (Wildman–Crippen LogP) is 6.78. The largest absolute Gasteiger partial charge is 0.478 e. The van der Waals surface area contributed by atoms with Crippen molar-refractivity contribution < 1.29 is 36.2 Å². The molecule has 0 bridgehead atoms. The first-order valence-corrected chi connectivity index (χ1v) is 20.0. The van der Waals surface area contributed by atoms with E-state index in [9.17, 15) is 18.0 Å². The fourth-order valence-corrected chi connectivity index (χ4v) is 6.67. The lowest BCUT2D eigenvalue weighted by Gasteiger charge is -2.44. The number of amides is 1. The van der Waals surface area contributed by atoms with Crippen LogP contribution in [-0.4, -0.2) is 94.0 Å². The van der Waals surface area contributed by atoms with Gasteiger partial charge in [0, 0.05) is 70.9 Å². The second kappa shape index (κ2) is 14.6. The number of pyridine rings is 2. The topological polar surface area (TPSA) is 83.1 Å². The third-order valence-electron chi connectivity index (χ3n) is 9.04. The lowest BCUT2D eigenvalue weighted by atomic mass is 10.0. The van der Waals surface area contributed by atoms with Gasteiger partial charge in [-0.2, -0.15) is 13.2 Å². The molecule has 3 aromatic rings. The second-order valence-electron chi connectivity index (χ2n) is 13.9. The quantitative estimate of drug-likeness (QED) is 0.193. The minimum Gasteiger partial charge on any atom is -0.478 e. The highest BCUT2D eigenvalue weighted by Gasteiger charge is 2.38.